The molecule has 0 aliphatic carbocycles. The van der Waals surface area contributed by atoms with Crippen LogP contribution in [0.15, 0.2) is 10.8 Å². The van der Waals surface area contributed by atoms with Gasteiger partial charge in [-0.2, -0.15) is 0 Å². The van der Waals surface area contributed by atoms with E-state index in [1.165, 1.54) is 6.39 Å². The van der Waals surface area contributed by atoms with Crippen molar-refractivity contribution in [2.75, 3.05) is 27.2 Å². The second kappa shape index (κ2) is 7.75. The van der Waals surface area contributed by atoms with Crippen LogP contribution in [0.5, 0.6) is 0 Å². The quantitative estimate of drug-likeness (QED) is 0.759. The molecule has 1 aliphatic heterocycles. The van der Waals surface area contributed by atoms with Gasteiger partial charge in [-0.15, -0.1) is 5.10 Å². The first-order valence-corrected chi connectivity index (χ1v) is 9.48. The standard InChI is InChI=1S/C18H29N7O2/c1-13(2)7-10-25-17(20-21-22-25)18(23(4)5)8-6-9-24(11-18)16(26)15-14(3)19-12-27-15/h12-13H,6-11H2,1-5H3. The predicted octanol–water partition coefficient (Wildman–Crippen LogP) is 1.71. The van der Waals surface area contributed by atoms with E-state index >= 15 is 0 Å². The smallest absolute Gasteiger partial charge is 0.291 e. The predicted molar refractivity (Wildman–Crippen MR) is 99.0 cm³/mol. The second-order valence-electron chi connectivity index (χ2n) is 7.93. The van der Waals surface area contributed by atoms with Gasteiger partial charge in [0.1, 0.15) is 5.54 Å². The van der Waals surface area contributed by atoms with Gasteiger partial charge in [0.2, 0.25) is 5.76 Å². The maximum atomic E-state index is 13.0. The molecule has 27 heavy (non-hydrogen) atoms. The van der Waals surface area contributed by atoms with Crippen molar-refractivity contribution in [1.82, 2.24) is 35.0 Å². The molecule has 0 radical (unpaired) electrons. The summed E-state index contributed by atoms with van der Waals surface area (Å²) in [7, 11) is 4.05. The number of amides is 1. The van der Waals surface area contributed by atoms with Gasteiger partial charge in [-0.3, -0.25) is 9.69 Å². The van der Waals surface area contributed by atoms with Crippen molar-refractivity contribution in [3.8, 4) is 0 Å². The molecule has 1 atom stereocenters. The summed E-state index contributed by atoms with van der Waals surface area (Å²) < 4.78 is 7.22. The van der Waals surface area contributed by atoms with E-state index in [4.69, 9.17) is 4.42 Å². The van der Waals surface area contributed by atoms with Crippen LogP contribution in [0.4, 0.5) is 0 Å². The molecule has 2 aromatic heterocycles. The van der Waals surface area contributed by atoms with E-state index < -0.39 is 5.54 Å². The number of piperidine rings is 1. The van der Waals surface area contributed by atoms with Crippen LogP contribution < -0.4 is 0 Å². The summed E-state index contributed by atoms with van der Waals surface area (Å²) in [5.74, 6) is 1.57. The lowest BCUT2D eigenvalue weighted by Crippen LogP contribution is -2.56. The van der Waals surface area contributed by atoms with Crippen LogP contribution in [0, 0.1) is 12.8 Å². The summed E-state index contributed by atoms with van der Waals surface area (Å²) in [6.45, 7) is 8.12. The Labute approximate surface area is 159 Å². The van der Waals surface area contributed by atoms with Crippen molar-refractivity contribution in [1.29, 1.82) is 0 Å². The Morgan fingerprint density at radius 3 is 2.81 bits per heavy atom. The summed E-state index contributed by atoms with van der Waals surface area (Å²) in [5.41, 5.74) is 0.185. The molecule has 1 fully saturated rings. The van der Waals surface area contributed by atoms with Crippen molar-refractivity contribution in [2.24, 2.45) is 5.92 Å². The number of hydrogen-bond acceptors (Lipinski definition) is 7. The van der Waals surface area contributed by atoms with Gasteiger partial charge in [0.25, 0.3) is 5.91 Å². The molecule has 0 spiro atoms. The second-order valence-corrected chi connectivity index (χ2v) is 7.93. The van der Waals surface area contributed by atoms with Gasteiger partial charge in [-0.1, -0.05) is 13.8 Å². The summed E-state index contributed by atoms with van der Waals surface area (Å²) >= 11 is 0. The normalized spacial score (nSPS) is 20.6. The van der Waals surface area contributed by atoms with Crippen LogP contribution >= 0.6 is 0 Å². The highest BCUT2D eigenvalue weighted by Gasteiger charge is 2.45. The average Bonchev–Trinajstić information content (AvgIpc) is 3.28. The third kappa shape index (κ3) is 3.73. The van der Waals surface area contributed by atoms with Gasteiger partial charge in [0, 0.05) is 19.6 Å². The number of likely N-dealkylation sites (N-methyl/N-ethyl adjacent to an activating group) is 1. The molecule has 1 aliphatic rings. The zero-order valence-corrected chi connectivity index (χ0v) is 16.8. The zero-order valence-electron chi connectivity index (χ0n) is 16.8. The first-order valence-electron chi connectivity index (χ1n) is 9.48. The van der Waals surface area contributed by atoms with Crippen molar-refractivity contribution in [2.45, 2.75) is 52.1 Å². The largest absolute Gasteiger partial charge is 0.438 e. The highest BCUT2D eigenvalue weighted by atomic mass is 16.3. The molecule has 9 heteroatoms. The van der Waals surface area contributed by atoms with Crippen LogP contribution in [0.25, 0.3) is 0 Å². The van der Waals surface area contributed by atoms with Crippen molar-refractivity contribution >= 4 is 5.91 Å². The number of rotatable bonds is 6. The lowest BCUT2D eigenvalue weighted by Gasteiger charge is -2.45. The van der Waals surface area contributed by atoms with Crippen LogP contribution in [-0.2, 0) is 12.1 Å². The molecule has 0 N–H and O–H groups in total. The van der Waals surface area contributed by atoms with Crippen molar-refractivity contribution < 1.29 is 9.21 Å². The van der Waals surface area contributed by atoms with Gasteiger partial charge in [-0.05, 0) is 56.6 Å². The first-order chi connectivity index (χ1) is 12.8. The van der Waals surface area contributed by atoms with E-state index in [0.717, 1.165) is 31.6 Å². The summed E-state index contributed by atoms with van der Waals surface area (Å²) in [4.78, 5) is 21.0. The van der Waals surface area contributed by atoms with Crippen molar-refractivity contribution in [3.63, 3.8) is 0 Å². The van der Waals surface area contributed by atoms with Gasteiger partial charge in [-0.25, -0.2) is 9.67 Å². The maximum absolute atomic E-state index is 13.0. The molecule has 0 bridgehead atoms. The van der Waals surface area contributed by atoms with Crippen LogP contribution in [-0.4, -0.2) is 68.1 Å². The van der Waals surface area contributed by atoms with Crippen LogP contribution in [0.2, 0.25) is 0 Å². The van der Waals surface area contributed by atoms with E-state index in [9.17, 15) is 4.79 Å². The van der Waals surface area contributed by atoms with E-state index in [1.54, 1.807) is 6.92 Å². The molecule has 1 unspecified atom stereocenters. The number of tetrazole rings is 1. The molecular weight excluding hydrogens is 346 g/mol. The molecule has 3 heterocycles. The first kappa shape index (κ1) is 19.5. The molecule has 3 rings (SSSR count). The minimum absolute atomic E-state index is 0.128. The maximum Gasteiger partial charge on any atom is 0.291 e. The third-order valence-corrected chi connectivity index (χ3v) is 5.42. The topological polar surface area (TPSA) is 93.2 Å². The molecule has 1 saturated heterocycles. The number of likely N-dealkylation sites (tertiary alicyclic amines) is 1. The van der Waals surface area contributed by atoms with Gasteiger partial charge >= 0.3 is 0 Å². The van der Waals surface area contributed by atoms with Gasteiger partial charge < -0.3 is 9.32 Å². The highest BCUT2D eigenvalue weighted by Crippen LogP contribution is 2.35. The molecule has 9 nitrogen and oxygen atoms in total. The number of hydrogen-bond donors (Lipinski definition) is 0. The number of carbonyl (C=O) groups is 1. The van der Waals surface area contributed by atoms with Gasteiger partial charge in [0.05, 0.1) is 5.69 Å². The third-order valence-electron chi connectivity index (χ3n) is 5.42. The minimum Gasteiger partial charge on any atom is -0.438 e. The molecular formula is C18H29N7O2. The Kier molecular flexibility index (Phi) is 5.59. The van der Waals surface area contributed by atoms with E-state index in [2.05, 4.69) is 39.3 Å². The molecule has 0 aromatic carbocycles. The Hall–Kier alpha value is -2.29. The highest BCUT2D eigenvalue weighted by molar-refractivity contribution is 5.92. The average molecular weight is 375 g/mol. The minimum atomic E-state index is -0.428. The fourth-order valence-corrected chi connectivity index (χ4v) is 3.68. The fourth-order valence-electron chi connectivity index (χ4n) is 3.68. The number of nitrogens with zero attached hydrogens (tertiary/aromatic N) is 7. The Morgan fingerprint density at radius 1 is 1.41 bits per heavy atom. The van der Waals surface area contributed by atoms with E-state index in [1.807, 2.05) is 23.7 Å². The van der Waals surface area contributed by atoms with E-state index in [0.29, 0.717) is 30.5 Å². The summed E-state index contributed by atoms with van der Waals surface area (Å²) in [6.07, 6.45) is 4.08. The SMILES string of the molecule is Cc1ncoc1C(=O)N1CCCC(c2nnnn2CCC(C)C)(N(C)C)C1. The number of carbonyl (C=O) groups excluding carboxylic acids is 1. The zero-order chi connectivity index (χ0) is 19.6. The van der Waals surface area contributed by atoms with Crippen LogP contribution in [0.3, 0.4) is 0 Å². The molecule has 1 amide bonds. The number of aryl methyl sites for hydroxylation is 2. The number of aromatic nitrogens is 5. The lowest BCUT2D eigenvalue weighted by molar-refractivity contribution is 0.0237. The van der Waals surface area contributed by atoms with Gasteiger partial charge in [0.15, 0.2) is 12.2 Å². The Balaban J connectivity index is 1.90. The Morgan fingerprint density at radius 2 is 2.19 bits per heavy atom. The number of oxazole rings is 1. The molecule has 2 aromatic rings. The lowest BCUT2D eigenvalue weighted by atomic mass is 9.86. The fraction of sp³-hybridized carbons (Fsp3) is 0.722. The molecule has 148 valence electrons. The monoisotopic (exact) mass is 375 g/mol. The summed E-state index contributed by atoms with van der Waals surface area (Å²) in [5, 5.41) is 12.5. The van der Waals surface area contributed by atoms with Crippen molar-refractivity contribution in [3.05, 3.63) is 23.7 Å². The summed E-state index contributed by atoms with van der Waals surface area (Å²) in [6, 6.07) is 0. The van der Waals surface area contributed by atoms with Crippen LogP contribution in [0.1, 0.15) is 55.2 Å². The van der Waals surface area contributed by atoms with E-state index in [-0.39, 0.29) is 5.91 Å². The Bertz CT molecular complexity index is 782. The molecule has 0 saturated carbocycles.